The zero-order chi connectivity index (χ0) is 17.3. The second-order valence-electron chi connectivity index (χ2n) is 6.25. The molecular formula is C20H22N2O2. The zero-order valence-electron chi connectivity index (χ0n) is 14.4. The molecule has 0 fully saturated rings. The first kappa shape index (κ1) is 16.2. The highest BCUT2D eigenvalue weighted by Crippen LogP contribution is 2.28. The van der Waals surface area contributed by atoms with Crippen molar-refractivity contribution in [1.82, 2.24) is 0 Å². The van der Waals surface area contributed by atoms with Gasteiger partial charge >= 0.3 is 0 Å². The molecule has 0 spiro atoms. The van der Waals surface area contributed by atoms with Gasteiger partial charge in [-0.05, 0) is 49.1 Å². The number of hydrogen-bond acceptors (Lipinski definition) is 2. The quantitative estimate of drug-likeness (QED) is 0.870. The lowest BCUT2D eigenvalue weighted by Crippen LogP contribution is -2.42. The summed E-state index contributed by atoms with van der Waals surface area (Å²) in [6, 6.07) is 13.8. The van der Waals surface area contributed by atoms with Crippen LogP contribution in [0.25, 0.3) is 0 Å². The minimum Gasteiger partial charge on any atom is -0.310 e. The molecule has 3 rings (SSSR count). The van der Waals surface area contributed by atoms with E-state index in [0.717, 1.165) is 28.9 Å². The van der Waals surface area contributed by atoms with Gasteiger partial charge in [-0.1, -0.05) is 30.3 Å². The van der Waals surface area contributed by atoms with Crippen molar-refractivity contribution in [3.05, 3.63) is 59.2 Å². The van der Waals surface area contributed by atoms with Gasteiger partial charge in [0.15, 0.2) is 0 Å². The van der Waals surface area contributed by atoms with Gasteiger partial charge in [-0.3, -0.25) is 9.59 Å². The van der Waals surface area contributed by atoms with Crippen LogP contribution >= 0.6 is 0 Å². The lowest BCUT2D eigenvalue weighted by atomic mass is 10.1. The van der Waals surface area contributed by atoms with Crippen molar-refractivity contribution in [2.75, 3.05) is 22.9 Å². The van der Waals surface area contributed by atoms with Crippen LogP contribution < -0.4 is 9.80 Å². The molecule has 0 aliphatic carbocycles. The van der Waals surface area contributed by atoms with Gasteiger partial charge in [0.1, 0.15) is 6.54 Å². The molecule has 124 valence electrons. The van der Waals surface area contributed by atoms with Crippen molar-refractivity contribution in [3.63, 3.8) is 0 Å². The second-order valence-corrected chi connectivity index (χ2v) is 6.25. The molecule has 0 N–H and O–H groups in total. The van der Waals surface area contributed by atoms with Crippen molar-refractivity contribution in [3.8, 4) is 0 Å². The summed E-state index contributed by atoms with van der Waals surface area (Å²) in [4.78, 5) is 28.3. The molecule has 1 aliphatic rings. The third-order valence-corrected chi connectivity index (χ3v) is 4.73. The van der Waals surface area contributed by atoms with Crippen molar-refractivity contribution >= 4 is 23.2 Å². The number of nitrogens with zero attached hydrogens (tertiary/aromatic N) is 2. The molecule has 0 radical (unpaired) electrons. The first-order valence-electron chi connectivity index (χ1n) is 8.21. The molecule has 0 atom stereocenters. The number of benzene rings is 2. The lowest BCUT2D eigenvalue weighted by Gasteiger charge is -2.26. The molecule has 0 bridgehead atoms. The van der Waals surface area contributed by atoms with E-state index in [9.17, 15) is 9.59 Å². The Morgan fingerprint density at radius 3 is 2.58 bits per heavy atom. The standard InChI is InChI=1S/C20H22N2O2/c1-14-7-6-10-18(15(14)2)22(16(3)23)13-20(24)21-12-11-17-8-4-5-9-19(17)21/h4-10H,11-13H2,1-3H3. The number of aryl methyl sites for hydroxylation is 1. The molecule has 2 aromatic carbocycles. The maximum Gasteiger partial charge on any atom is 0.247 e. The summed E-state index contributed by atoms with van der Waals surface area (Å²) in [5, 5.41) is 0. The molecule has 24 heavy (non-hydrogen) atoms. The third kappa shape index (κ3) is 2.92. The van der Waals surface area contributed by atoms with E-state index in [1.165, 1.54) is 12.5 Å². The number of carbonyl (C=O) groups excluding carboxylic acids is 2. The van der Waals surface area contributed by atoms with Crippen LogP contribution in [0.5, 0.6) is 0 Å². The van der Waals surface area contributed by atoms with Gasteiger partial charge in [0.25, 0.3) is 0 Å². The normalized spacial score (nSPS) is 12.9. The van der Waals surface area contributed by atoms with E-state index in [0.29, 0.717) is 6.54 Å². The van der Waals surface area contributed by atoms with Crippen LogP contribution in [0.3, 0.4) is 0 Å². The fourth-order valence-electron chi connectivity index (χ4n) is 3.21. The van der Waals surface area contributed by atoms with Gasteiger partial charge in [0.05, 0.1) is 0 Å². The highest BCUT2D eigenvalue weighted by molar-refractivity contribution is 6.04. The van der Waals surface area contributed by atoms with Crippen LogP contribution in [0.2, 0.25) is 0 Å². The van der Waals surface area contributed by atoms with Gasteiger partial charge in [-0.25, -0.2) is 0 Å². The van der Waals surface area contributed by atoms with E-state index in [-0.39, 0.29) is 18.4 Å². The first-order chi connectivity index (χ1) is 11.5. The molecule has 0 aromatic heterocycles. The minimum absolute atomic E-state index is 0.0453. The number of para-hydroxylation sites is 1. The van der Waals surface area contributed by atoms with Crippen molar-refractivity contribution in [2.45, 2.75) is 27.2 Å². The zero-order valence-corrected chi connectivity index (χ0v) is 14.4. The Balaban J connectivity index is 1.86. The van der Waals surface area contributed by atoms with Crippen LogP contribution in [0.1, 0.15) is 23.6 Å². The van der Waals surface area contributed by atoms with Crippen LogP contribution in [0.15, 0.2) is 42.5 Å². The van der Waals surface area contributed by atoms with Gasteiger partial charge in [-0.2, -0.15) is 0 Å². The van der Waals surface area contributed by atoms with Gasteiger partial charge < -0.3 is 9.80 Å². The Kier molecular flexibility index (Phi) is 4.38. The van der Waals surface area contributed by atoms with Crippen LogP contribution in [-0.4, -0.2) is 24.9 Å². The summed E-state index contributed by atoms with van der Waals surface area (Å²) in [5.41, 5.74) is 5.10. The fraction of sp³-hybridized carbons (Fsp3) is 0.300. The van der Waals surface area contributed by atoms with E-state index in [1.54, 1.807) is 9.80 Å². The maximum absolute atomic E-state index is 12.8. The molecule has 1 aliphatic heterocycles. The summed E-state index contributed by atoms with van der Waals surface area (Å²) < 4.78 is 0. The topological polar surface area (TPSA) is 40.6 Å². The second kappa shape index (κ2) is 6.48. The minimum atomic E-state index is -0.121. The highest BCUT2D eigenvalue weighted by Gasteiger charge is 2.27. The summed E-state index contributed by atoms with van der Waals surface area (Å²) >= 11 is 0. The summed E-state index contributed by atoms with van der Waals surface area (Å²) in [6.07, 6.45) is 0.867. The Hall–Kier alpha value is -2.62. The number of fused-ring (bicyclic) bond motifs is 1. The van der Waals surface area contributed by atoms with Crippen molar-refractivity contribution in [1.29, 1.82) is 0 Å². The Morgan fingerprint density at radius 1 is 1.08 bits per heavy atom. The molecule has 4 nitrogen and oxygen atoms in total. The Morgan fingerprint density at radius 2 is 1.83 bits per heavy atom. The predicted octanol–water partition coefficient (Wildman–Crippen LogP) is 3.25. The SMILES string of the molecule is CC(=O)N(CC(=O)N1CCc2ccccc21)c1cccc(C)c1C. The molecular weight excluding hydrogens is 300 g/mol. The van der Waals surface area contributed by atoms with Crippen LogP contribution in [-0.2, 0) is 16.0 Å². The van der Waals surface area contributed by atoms with Crippen LogP contribution in [0, 0.1) is 13.8 Å². The van der Waals surface area contributed by atoms with Crippen molar-refractivity contribution in [2.24, 2.45) is 0 Å². The average molecular weight is 322 g/mol. The largest absolute Gasteiger partial charge is 0.310 e. The van der Waals surface area contributed by atoms with E-state index < -0.39 is 0 Å². The molecule has 0 saturated heterocycles. The average Bonchev–Trinajstić information content (AvgIpc) is 2.99. The Bertz CT molecular complexity index is 798. The van der Waals surface area contributed by atoms with Crippen molar-refractivity contribution < 1.29 is 9.59 Å². The highest BCUT2D eigenvalue weighted by atomic mass is 16.2. The monoisotopic (exact) mass is 322 g/mol. The predicted molar refractivity (Wildman–Crippen MR) is 96.4 cm³/mol. The molecule has 1 heterocycles. The lowest BCUT2D eigenvalue weighted by molar-refractivity contribution is -0.121. The van der Waals surface area contributed by atoms with Crippen LogP contribution in [0.4, 0.5) is 11.4 Å². The number of rotatable bonds is 3. The Labute approximate surface area is 142 Å². The summed E-state index contributed by atoms with van der Waals surface area (Å²) in [5.74, 6) is -0.166. The number of hydrogen-bond donors (Lipinski definition) is 0. The third-order valence-electron chi connectivity index (χ3n) is 4.73. The van der Waals surface area contributed by atoms with E-state index in [4.69, 9.17) is 0 Å². The molecule has 2 amide bonds. The summed E-state index contributed by atoms with van der Waals surface area (Å²) in [6.45, 7) is 6.24. The fourth-order valence-corrected chi connectivity index (χ4v) is 3.21. The number of amides is 2. The van der Waals surface area contributed by atoms with Gasteiger partial charge in [0.2, 0.25) is 11.8 Å². The van der Waals surface area contributed by atoms with Gasteiger partial charge in [0, 0.05) is 24.8 Å². The number of anilines is 2. The van der Waals surface area contributed by atoms with E-state index >= 15 is 0 Å². The first-order valence-corrected chi connectivity index (χ1v) is 8.21. The smallest absolute Gasteiger partial charge is 0.247 e. The summed E-state index contributed by atoms with van der Waals surface area (Å²) in [7, 11) is 0. The number of carbonyl (C=O) groups is 2. The van der Waals surface area contributed by atoms with E-state index in [1.807, 2.05) is 50.2 Å². The molecule has 4 heteroatoms. The molecule has 0 saturated carbocycles. The van der Waals surface area contributed by atoms with Gasteiger partial charge in [-0.15, -0.1) is 0 Å². The maximum atomic E-state index is 12.8. The van der Waals surface area contributed by atoms with E-state index in [2.05, 4.69) is 6.07 Å². The molecule has 2 aromatic rings. The molecule has 0 unspecified atom stereocenters.